The molecule has 3 heterocycles. The highest BCUT2D eigenvalue weighted by atomic mass is 16.5. The minimum absolute atomic E-state index is 0.129. The van der Waals surface area contributed by atoms with Crippen LogP contribution in [0.25, 0.3) is 0 Å². The van der Waals surface area contributed by atoms with Crippen LogP contribution in [-0.2, 0) is 4.79 Å². The number of nitrogens with zero attached hydrogens (tertiary/aromatic N) is 2. The molecule has 2 atom stereocenters. The number of nitrogens with one attached hydrogen (secondary N) is 1. The fraction of sp³-hybridized carbons (Fsp3) is 0.458. The van der Waals surface area contributed by atoms with Crippen LogP contribution in [0.5, 0.6) is 11.5 Å². The maximum absolute atomic E-state index is 12.8. The second kappa shape index (κ2) is 7.51. The Hall–Kier alpha value is -2.73. The Morgan fingerprint density at radius 2 is 1.93 bits per heavy atom. The van der Waals surface area contributed by atoms with Crippen molar-refractivity contribution in [3.05, 3.63) is 54.1 Å². The van der Waals surface area contributed by atoms with Gasteiger partial charge < -0.3 is 19.7 Å². The normalized spacial score (nSPS) is 25.1. The number of hydrogen-bond donors (Lipinski definition) is 1. The number of fused-ring (bicyclic) bond motifs is 1. The zero-order valence-corrected chi connectivity index (χ0v) is 17.6. The summed E-state index contributed by atoms with van der Waals surface area (Å²) in [4.78, 5) is 17.5. The Morgan fingerprint density at radius 3 is 2.67 bits per heavy atom. The first-order valence-corrected chi connectivity index (χ1v) is 10.8. The predicted molar refractivity (Wildman–Crippen MR) is 116 cm³/mol. The number of hydrogen-bond acceptors (Lipinski definition) is 5. The lowest BCUT2D eigenvalue weighted by molar-refractivity contribution is -0.125. The largest absolute Gasteiger partial charge is 0.497 e. The highest BCUT2D eigenvalue weighted by Gasteiger charge is 2.50. The molecule has 158 valence electrons. The van der Waals surface area contributed by atoms with Crippen LogP contribution < -0.4 is 19.7 Å². The Morgan fingerprint density at radius 1 is 1.17 bits per heavy atom. The summed E-state index contributed by atoms with van der Waals surface area (Å²) in [5.41, 5.74) is 1.90. The van der Waals surface area contributed by atoms with Gasteiger partial charge in [-0.3, -0.25) is 9.69 Å². The standard InChI is InChI=1S/C24H29N3O3/c1-17-20-14-19(29-2)8-9-21(20)30-22(17)15-26-12-10-24(11-13-26)23(28)25-16-27(24)18-6-4-3-5-7-18/h3-9,14,17,22H,10-13,15-16H2,1-2H3,(H,25,28). The van der Waals surface area contributed by atoms with Crippen LogP contribution in [0.3, 0.4) is 0 Å². The van der Waals surface area contributed by atoms with Crippen molar-refractivity contribution < 1.29 is 14.3 Å². The van der Waals surface area contributed by atoms with Crippen molar-refractivity contribution >= 4 is 11.6 Å². The van der Waals surface area contributed by atoms with Gasteiger partial charge in [0.25, 0.3) is 0 Å². The number of rotatable bonds is 4. The maximum atomic E-state index is 12.8. The minimum Gasteiger partial charge on any atom is -0.497 e. The number of likely N-dealkylation sites (tertiary alicyclic amines) is 1. The summed E-state index contributed by atoms with van der Waals surface area (Å²) in [6, 6.07) is 16.3. The van der Waals surface area contributed by atoms with E-state index >= 15 is 0 Å². The Kier molecular flexibility index (Phi) is 4.82. The molecule has 0 saturated carbocycles. The fourth-order valence-electron chi connectivity index (χ4n) is 5.17. The van der Waals surface area contributed by atoms with Gasteiger partial charge in [0.15, 0.2) is 0 Å². The van der Waals surface area contributed by atoms with Crippen molar-refractivity contribution in [2.24, 2.45) is 0 Å². The number of amides is 1. The first-order valence-electron chi connectivity index (χ1n) is 10.8. The minimum atomic E-state index is -0.434. The summed E-state index contributed by atoms with van der Waals surface area (Å²) >= 11 is 0. The van der Waals surface area contributed by atoms with Crippen molar-refractivity contribution in [2.75, 3.05) is 38.3 Å². The molecule has 6 nitrogen and oxygen atoms in total. The smallest absolute Gasteiger partial charge is 0.247 e. The van der Waals surface area contributed by atoms with Crippen molar-refractivity contribution in [3.8, 4) is 11.5 Å². The quantitative estimate of drug-likeness (QED) is 0.845. The van der Waals surface area contributed by atoms with Gasteiger partial charge >= 0.3 is 0 Å². The summed E-state index contributed by atoms with van der Waals surface area (Å²) in [6.45, 7) is 5.47. The third-order valence-electron chi connectivity index (χ3n) is 7.07. The molecule has 2 fully saturated rings. The van der Waals surface area contributed by atoms with Gasteiger partial charge in [-0.05, 0) is 43.2 Å². The van der Waals surface area contributed by atoms with E-state index in [1.165, 1.54) is 5.56 Å². The number of benzene rings is 2. The average molecular weight is 408 g/mol. The van der Waals surface area contributed by atoms with Gasteiger partial charge in [-0.2, -0.15) is 0 Å². The molecule has 2 aromatic rings. The van der Waals surface area contributed by atoms with Crippen molar-refractivity contribution in [2.45, 2.75) is 37.3 Å². The van der Waals surface area contributed by atoms with Crippen LogP contribution in [0, 0.1) is 0 Å². The van der Waals surface area contributed by atoms with Crippen molar-refractivity contribution in [1.82, 2.24) is 10.2 Å². The SMILES string of the molecule is COc1ccc2c(c1)C(C)C(CN1CCC3(CC1)C(=O)NCN3c1ccccc1)O2. The molecule has 5 rings (SSSR count). The topological polar surface area (TPSA) is 54.0 Å². The number of carbonyl (C=O) groups excluding carboxylic acids is 1. The predicted octanol–water partition coefficient (Wildman–Crippen LogP) is 2.99. The molecule has 1 amide bonds. The molecular weight excluding hydrogens is 378 g/mol. The molecule has 1 N–H and O–H groups in total. The zero-order chi connectivity index (χ0) is 20.7. The van der Waals surface area contributed by atoms with Gasteiger partial charge in [0.05, 0.1) is 13.8 Å². The molecule has 0 aromatic heterocycles. The van der Waals surface area contributed by atoms with Gasteiger partial charge in [-0.25, -0.2) is 0 Å². The van der Waals surface area contributed by atoms with Crippen LogP contribution in [-0.4, -0.2) is 55.9 Å². The molecule has 1 spiro atoms. The third-order valence-corrected chi connectivity index (χ3v) is 7.07. The first-order chi connectivity index (χ1) is 14.6. The molecule has 3 aliphatic heterocycles. The van der Waals surface area contributed by atoms with E-state index < -0.39 is 5.54 Å². The lowest BCUT2D eigenvalue weighted by atomic mass is 9.85. The second-order valence-corrected chi connectivity index (χ2v) is 8.61. The van der Waals surface area contributed by atoms with Crippen LogP contribution in [0.2, 0.25) is 0 Å². The highest BCUT2D eigenvalue weighted by molar-refractivity contribution is 5.93. The summed E-state index contributed by atoms with van der Waals surface area (Å²) in [6.07, 6.45) is 1.79. The fourth-order valence-corrected chi connectivity index (χ4v) is 5.17. The van der Waals surface area contributed by atoms with Gasteiger partial charge in [-0.1, -0.05) is 25.1 Å². The zero-order valence-electron chi connectivity index (χ0n) is 17.6. The van der Waals surface area contributed by atoms with Crippen LogP contribution in [0.1, 0.15) is 31.2 Å². The van der Waals surface area contributed by atoms with Crippen LogP contribution >= 0.6 is 0 Å². The van der Waals surface area contributed by atoms with E-state index in [1.54, 1.807) is 7.11 Å². The molecule has 30 heavy (non-hydrogen) atoms. The molecule has 0 radical (unpaired) electrons. The number of para-hydroxylation sites is 1. The Bertz CT molecular complexity index is 925. The maximum Gasteiger partial charge on any atom is 0.247 e. The Balaban J connectivity index is 1.26. The summed E-state index contributed by atoms with van der Waals surface area (Å²) in [5, 5.41) is 3.08. The van der Waals surface area contributed by atoms with E-state index in [0.717, 1.165) is 49.7 Å². The van der Waals surface area contributed by atoms with E-state index in [9.17, 15) is 4.79 Å². The second-order valence-electron chi connectivity index (χ2n) is 8.61. The highest BCUT2D eigenvalue weighted by Crippen LogP contribution is 2.41. The third kappa shape index (κ3) is 3.10. The summed E-state index contributed by atoms with van der Waals surface area (Å²) in [5.74, 6) is 2.32. The molecule has 2 aromatic carbocycles. The van der Waals surface area contributed by atoms with Gasteiger partial charge in [0.2, 0.25) is 5.91 Å². The van der Waals surface area contributed by atoms with Gasteiger partial charge in [-0.15, -0.1) is 0 Å². The number of carbonyl (C=O) groups is 1. The van der Waals surface area contributed by atoms with Gasteiger partial charge in [0.1, 0.15) is 23.1 Å². The molecule has 3 aliphatic rings. The molecule has 6 heteroatoms. The molecule has 0 bridgehead atoms. The lowest BCUT2D eigenvalue weighted by Crippen LogP contribution is -2.57. The molecule has 0 aliphatic carbocycles. The van der Waals surface area contributed by atoms with E-state index in [4.69, 9.17) is 9.47 Å². The van der Waals surface area contributed by atoms with E-state index in [2.05, 4.69) is 40.2 Å². The number of methoxy groups -OCH3 is 1. The van der Waals surface area contributed by atoms with E-state index in [1.807, 2.05) is 30.3 Å². The van der Waals surface area contributed by atoms with E-state index in [-0.39, 0.29) is 12.0 Å². The van der Waals surface area contributed by atoms with Crippen LogP contribution in [0.15, 0.2) is 48.5 Å². The van der Waals surface area contributed by atoms with Crippen molar-refractivity contribution in [1.29, 1.82) is 0 Å². The number of piperidine rings is 1. The lowest BCUT2D eigenvalue weighted by Gasteiger charge is -2.43. The monoisotopic (exact) mass is 407 g/mol. The van der Waals surface area contributed by atoms with Crippen LogP contribution in [0.4, 0.5) is 5.69 Å². The summed E-state index contributed by atoms with van der Waals surface area (Å²) in [7, 11) is 1.70. The average Bonchev–Trinajstić information content (AvgIpc) is 3.27. The van der Waals surface area contributed by atoms with Gasteiger partial charge in [0, 0.05) is 36.8 Å². The Labute approximate surface area is 177 Å². The first kappa shape index (κ1) is 19.2. The summed E-state index contributed by atoms with van der Waals surface area (Å²) < 4.78 is 11.6. The number of anilines is 1. The van der Waals surface area contributed by atoms with E-state index in [0.29, 0.717) is 12.6 Å². The molecular formula is C24H29N3O3. The van der Waals surface area contributed by atoms with Crippen molar-refractivity contribution in [3.63, 3.8) is 0 Å². The number of ether oxygens (including phenoxy) is 2. The molecule has 2 saturated heterocycles. The molecule has 2 unspecified atom stereocenters.